The quantitative estimate of drug-likeness (QED) is 0.211. The molecule has 0 saturated heterocycles. The smallest absolute Gasteiger partial charge is 0.389 e. The maximum absolute atomic E-state index is 14.4. The van der Waals surface area contributed by atoms with Gasteiger partial charge in [0.1, 0.15) is 30.5 Å². The molecule has 1 aromatic heterocycles. The van der Waals surface area contributed by atoms with E-state index in [-0.39, 0.29) is 45.1 Å². The number of carbonyl (C=O) groups is 5. The highest BCUT2D eigenvalue weighted by atomic mass is 19.4. The summed E-state index contributed by atoms with van der Waals surface area (Å²) in [5, 5.41) is 11.4. The molecule has 52 heavy (non-hydrogen) atoms. The number of aromatic nitrogens is 1. The van der Waals surface area contributed by atoms with E-state index in [2.05, 4.69) is 26.3 Å². The second-order valence-corrected chi connectivity index (χ2v) is 12.9. The van der Waals surface area contributed by atoms with Gasteiger partial charge >= 0.3 is 6.18 Å². The first-order chi connectivity index (χ1) is 24.7. The first kappa shape index (κ1) is 39.7. The van der Waals surface area contributed by atoms with Gasteiger partial charge in [-0.15, -0.1) is 0 Å². The number of aromatic amines is 1. The van der Waals surface area contributed by atoms with Gasteiger partial charge in [0.15, 0.2) is 0 Å². The van der Waals surface area contributed by atoms with Crippen molar-refractivity contribution in [1.82, 2.24) is 31.2 Å². The van der Waals surface area contributed by atoms with Crippen LogP contribution in [0.2, 0.25) is 0 Å². The molecule has 16 heteroatoms. The van der Waals surface area contributed by atoms with Gasteiger partial charge in [-0.05, 0) is 35.2 Å². The van der Waals surface area contributed by atoms with E-state index in [0.717, 1.165) is 10.9 Å². The lowest BCUT2D eigenvalue weighted by Gasteiger charge is -2.30. The number of ether oxygens (including phenoxy) is 2. The molecule has 0 fully saturated rings. The Kier molecular flexibility index (Phi) is 14.0. The van der Waals surface area contributed by atoms with Crippen LogP contribution in [-0.4, -0.2) is 104 Å². The van der Waals surface area contributed by atoms with Crippen molar-refractivity contribution in [3.63, 3.8) is 0 Å². The molecule has 3 aromatic rings. The first-order valence-corrected chi connectivity index (χ1v) is 17.0. The minimum absolute atomic E-state index is 0.0365. The molecule has 2 aliphatic heterocycles. The zero-order chi connectivity index (χ0) is 37.8. The van der Waals surface area contributed by atoms with Crippen LogP contribution in [0.1, 0.15) is 37.8 Å². The zero-order valence-electron chi connectivity index (χ0n) is 29.3. The van der Waals surface area contributed by atoms with Crippen LogP contribution in [0.5, 0.6) is 5.75 Å². The van der Waals surface area contributed by atoms with E-state index < -0.39 is 73.2 Å². The Morgan fingerprint density at radius 3 is 2.46 bits per heavy atom. The first-order valence-electron chi connectivity index (χ1n) is 17.0. The second kappa shape index (κ2) is 18.4. The summed E-state index contributed by atoms with van der Waals surface area (Å²) in [7, 11) is 1.42. The van der Waals surface area contributed by atoms with Gasteiger partial charge in [0.05, 0.1) is 26.1 Å². The molecule has 2 aliphatic rings. The van der Waals surface area contributed by atoms with Crippen molar-refractivity contribution in [3.8, 4) is 5.75 Å². The molecule has 0 spiro atoms. The summed E-state index contributed by atoms with van der Waals surface area (Å²) in [5.41, 5.74) is 1.99. The van der Waals surface area contributed by atoms with E-state index in [9.17, 15) is 37.1 Å². The number of alkyl halides is 3. The monoisotopic (exact) mass is 730 g/mol. The zero-order valence-corrected chi connectivity index (χ0v) is 29.3. The SMILES string of the molecule is COCCN1CC(=O)N[C@@H](C(C)C)C(=O)NCCOc2ccc(cc2)C[C@H](NC(=O)CCC(F)(F)F)C(=O)N[C@@H](Cc2c[nH]c3ccccc23)C1=O. The summed E-state index contributed by atoms with van der Waals surface area (Å²) < 4.78 is 49.8. The maximum Gasteiger partial charge on any atom is 0.389 e. The number of halogens is 3. The molecule has 0 unspecified atom stereocenters. The van der Waals surface area contributed by atoms with Crippen LogP contribution in [0.15, 0.2) is 54.7 Å². The van der Waals surface area contributed by atoms with Crippen molar-refractivity contribution in [1.29, 1.82) is 0 Å². The predicted octanol–water partition coefficient (Wildman–Crippen LogP) is 2.39. The fraction of sp³-hybridized carbons (Fsp3) is 0.472. The van der Waals surface area contributed by atoms with Gasteiger partial charge in [-0.1, -0.05) is 44.2 Å². The van der Waals surface area contributed by atoms with Crippen molar-refractivity contribution in [2.75, 3.05) is 40.0 Å². The third kappa shape index (κ3) is 11.7. The minimum atomic E-state index is -4.59. The number of hydrogen-bond acceptors (Lipinski definition) is 7. The average molecular weight is 731 g/mol. The topological polar surface area (TPSA) is 171 Å². The lowest BCUT2D eigenvalue weighted by Crippen LogP contribution is -2.58. The van der Waals surface area contributed by atoms with E-state index in [1.165, 1.54) is 12.0 Å². The molecule has 2 bridgehead atoms. The molecule has 2 aromatic carbocycles. The van der Waals surface area contributed by atoms with Crippen LogP contribution in [0, 0.1) is 5.92 Å². The predicted molar refractivity (Wildman–Crippen MR) is 185 cm³/mol. The van der Waals surface area contributed by atoms with Gasteiger partial charge in [0.25, 0.3) is 0 Å². The van der Waals surface area contributed by atoms with Crippen LogP contribution < -0.4 is 26.0 Å². The molecule has 0 saturated carbocycles. The Bertz CT molecular complexity index is 1700. The molecule has 13 nitrogen and oxygen atoms in total. The van der Waals surface area contributed by atoms with E-state index in [1.54, 1.807) is 44.3 Å². The van der Waals surface area contributed by atoms with Crippen LogP contribution >= 0.6 is 0 Å². The van der Waals surface area contributed by atoms with Crippen LogP contribution in [-0.2, 0) is 41.6 Å². The van der Waals surface area contributed by atoms with Crippen molar-refractivity contribution >= 4 is 40.4 Å². The van der Waals surface area contributed by atoms with E-state index in [1.807, 2.05) is 24.3 Å². The Balaban J connectivity index is 1.72. The van der Waals surface area contributed by atoms with Crippen molar-refractivity contribution in [2.24, 2.45) is 5.92 Å². The third-order valence-electron chi connectivity index (χ3n) is 8.51. The lowest BCUT2D eigenvalue weighted by atomic mass is 10.0. The number of amides is 5. The highest BCUT2D eigenvalue weighted by molar-refractivity contribution is 5.95. The normalized spacial score (nSPS) is 19.9. The molecule has 3 atom stereocenters. The fourth-order valence-electron chi connectivity index (χ4n) is 5.75. The van der Waals surface area contributed by atoms with E-state index >= 15 is 0 Å². The number of benzene rings is 2. The van der Waals surface area contributed by atoms with Gasteiger partial charge in [0, 0.05) is 50.0 Å². The Morgan fingerprint density at radius 1 is 1.04 bits per heavy atom. The molecule has 5 N–H and O–H groups in total. The number of para-hydroxylation sites is 1. The summed E-state index contributed by atoms with van der Waals surface area (Å²) in [6.07, 6.45) is -5.34. The standard InChI is InChI=1S/C36H45F3N6O7/c1-22(2)32-34(49)40-14-16-52-25-10-8-23(9-11-25)18-28(42-30(46)12-13-36(37,38)39)33(48)43-29(19-24-20-41-27-7-5-4-6-26(24)27)35(50)45(15-17-51-3)21-31(47)44-32/h4-11,20,22,28-29,32,41H,12-19,21H2,1-3H3,(H,40,49)(H,42,46)(H,43,48)(H,44,47)/t28-,29-,32-/m0/s1. The van der Waals surface area contributed by atoms with Crippen molar-refractivity contribution < 1.29 is 46.6 Å². The number of rotatable bonds is 9. The summed E-state index contributed by atoms with van der Waals surface area (Å²) >= 11 is 0. The molecule has 5 rings (SSSR count). The molecule has 0 aliphatic carbocycles. The van der Waals surface area contributed by atoms with Crippen LogP contribution in [0.25, 0.3) is 10.9 Å². The van der Waals surface area contributed by atoms with Gasteiger partial charge in [-0.25, -0.2) is 0 Å². The lowest BCUT2D eigenvalue weighted by molar-refractivity contribution is -0.145. The van der Waals surface area contributed by atoms with Crippen LogP contribution in [0.3, 0.4) is 0 Å². The largest absolute Gasteiger partial charge is 0.492 e. The van der Waals surface area contributed by atoms with Crippen molar-refractivity contribution in [2.45, 2.75) is 63.8 Å². The Labute approximate surface area is 299 Å². The van der Waals surface area contributed by atoms with Gasteiger partial charge in [-0.2, -0.15) is 13.2 Å². The highest BCUT2D eigenvalue weighted by Gasteiger charge is 2.34. The summed E-state index contributed by atoms with van der Waals surface area (Å²) in [6.45, 7) is 3.25. The summed E-state index contributed by atoms with van der Waals surface area (Å²) in [4.78, 5) is 71.9. The number of H-pyrrole nitrogens is 1. The van der Waals surface area contributed by atoms with Gasteiger partial charge in [0.2, 0.25) is 29.5 Å². The summed E-state index contributed by atoms with van der Waals surface area (Å²) in [6, 6.07) is 10.2. The van der Waals surface area contributed by atoms with Crippen molar-refractivity contribution in [3.05, 3.63) is 65.9 Å². The van der Waals surface area contributed by atoms with E-state index in [4.69, 9.17) is 9.47 Å². The highest BCUT2D eigenvalue weighted by Crippen LogP contribution is 2.22. The third-order valence-corrected chi connectivity index (χ3v) is 8.51. The average Bonchev–Trinajstić information content (AvgIpc) is 3.51. The fourth-order valence-corrected chi connectivity index (χ4v) is 5.75. The summed E-state index contributed by atoms with van der Waals surface area (Å²) in [5.74, 6) is -3.40. The maximum atomic E-state index is 14.4. The molecule has 5 amide bonds. The molecule has 282 valence electrons. The molecular formula is C36H45F3N6O7. The number of hydrogen-bond donors (Lipinski definition) is 5. The molecule has 0 radical (unpaired) electrons. The number of fused-ring (bicyclic) bond motifs is 18. The number of nitrogens with zero attached hydrogens (tertiary/aromatic N) is 1. The van der Waals surface area contributed by atoms with Gasteiger partial charge < -0.3 is 40.6 Å². The Hall–Kier alpha value is -5.12. The number of nitrogens with one attached hydrogen (secondary N) is 5. The minimum Gasteiger partial charge on any atom is -0.492 e. The Morgan fingerprint density at radius 2 is 1.77 bits per heavy atom. The van der Waals surface area contributed by atoms with E-state index in [0.29, 0.717) is 16.9 Å². The second-order valence-electron chi connectivity index (χ2n) is 12.9. The van der Waals surface area contributed by atoms with Gasteiger partial charge in [-0.3, -0.25) is 24.0 Å². The molecule has 3 heterocycles. The van der Waals surface area contributed by atoms with Crippen LogP contribution in [0.4, 0.5) is 13.2 Å². The molecular weight excluding hydrogens is 685 g/mol. The number of carbonyl (C=O) groups excluding carboxylic acids is 5. The number of methoxy groups -OCH3 is 1.